The first kappa shape index (κ1) is 14.9. The maximum absolute atomic E-state index is 11.9. The Bertz CT molecular complexity index is 810. The van der Waals surface area contributed by atoms with E-state index in [-0.39, 0.29) is 11.6 Å². The zero-order valence-corrected chi connectivity index (χ0v) is 11.9. The lowest BCUT2D eigenvalue weighted by Gasteiger charge is -2.09. The number of H-pyrrole nitrogens is 1. The number of rotatable bonds is 3. The molecule has 1 heterocycles. The van der Waals surface area contributed by atoms with E-state index in [4.69, 9.17) is 17.3 Å². The minimum absolute atomic E-state index is 0.165. The zero-order chi connectivity index (χ0) is 15.6. The highest BCUT2D eigenvalue weighted by Crippen LogP contribution is 2.16. The van der Waals surface area contributed by atoms with E-state index >= 15 is 0 Å². The van der Waals surface area contributed by atoms with Crippen molar-refractivity contribution >= 4 is 28.9 Å². The van der Waals surface area contributed by atoms with Crippen molar-refractivity contribution in [1.29, 1.82) is 0 Å². The van der Waals surface area contributed by atoms with Gasteiger partial charge in [-0.25, -0.2) is 4.79 Å². The number of carbonyl (C=O) groups is 1. The molecule has 0 atom stereocenters. The number of halogens is 1. The van der Waals surface area contributed by atoms with Crippen LogP contribution in [0.5, 0.6) is 0 Å². The third kappa shape index (κ3) is 3.51. The number of benzene rings is 1. The number of hydrogen-bond donors (Lipinski definition) is 3. The quantitative estimate of drug-likeness (QED) is 0.726. The second-order valence-electron chi connectivity index (χ2n) is 4.48. The maximum atomic E-state index is 11.9. The number of anilines is 2. The van der Waals surface area contributed by atoms with Crippen LogP contribution in [0.4, 0.5) is 11.4 Å². The number of aryl methyl sites for hydroxylation is 1. The standard InChI is InChI=1S/C13H13ClN4O3/c1-7-2-3-8(4-10(7)15)16-11(19)6-18-5-9(14)12(20)17-13(18)21/h2-5H,6,15H2,1H3,(H,16,19)(H,17,20,21). The Kier molecular flexibility index (Phi) is 4.13. The second-order valence-corrected chi connectivity index (χ2v) is 4.89. The Morgan fingerprint density at radius 3 is 2.81 bits per heavy atom. The smallest absolute Gasteiger partial charge is 0.328 e. The van der Waals surface area contributed by atoms with E-state index in [2.05, 4.69) is 5.32 Å². The van der Waals surface area contributed by atoms with Gasteiger partial charge < -0.3 is 11.1 Å². The van der Waals surface area contributed by atoms with Crippen molar-refractivity contribution in [3.05, 3.63) is 55.8 Å². The molecule has 1 aromatic heterocycles. The van der Waals surface area contributed by atoms with E-state index in [0.717, 1.165) is 16.3 Å². The molecule has 2 aromatic rings. The van der Waals surface area contributed by atoms with Crippen LogP contribution in [0.25, 0.3) is 0 Å². The highest BCUT2D eigenvalue weighted by atomic mass is 35.5. The van der Waals surface area contributed by atoms with Gasteiger partial charge in [0.15, 0.2) is 0 Å². The molecular formula is C13H13ClN4O3. The molecule has 0 unspecified atom stereocenters. The Labute approximate surface area is 124 Å². The normalized spacial score (nSPS) is 10.4. The number of nitrogen functional groups attached to an aromatic ring is 1. The Balaban J connectivity index is 2.15. The number of amides is 1. The summed E-state index contributed by atoms with van der Waals surface area (Å²) >= 11 is 5.62. The number of nitrogens with two attached hydrogens (primary N) is 1. The third-order valence-electron chi connectivity index (χ3n) is 2.84. The summed E-state index contributed by atoms with van der Waals surface area (Å²) in [6.45, 7) is 1.58. The van der Waals surface area contributed by atoms with Crippen LogP contribution in [0.2, 0.25) is 5.02 Å². The minimum Gasteiger partial charge on any atom is -0.398 e. The lowest BCUT2D eigenvalue weighted by atomic mass is 10.2. The van der Waals surface area contributed by atoms with Crippen molar-refractivity contribution in [3.8, 4) is 0 Å². The highest BCUT2D eigenvalue weighted by molar-refractivity contribution is 6.30. The van der Waals surface area contributed by atoms with Crippen molar-refractivity contribution < 1.29 is 4.79 Å². The van der Waals surface area contributed by atoms with Crippen molar-refractivity contribution in [2.75, 3.05) is 11.1 Å². The number of carbonyl (C=O) groups excluding carboxylic acids is 1. The fraction of sp³-hybridized carbons (Fsp3) is 0.154. The monoisotopic (exact) mass is 308 g/mol. The Morgan fingerprint density at radius 1 is 1.43 bits per heavy atom. The first-order valence-corrected chi connectivity index (χ1v) is 6.40. The SMILES string of the molecule is Cc1ccc(NC(=O)Cn2cc(Cl)c(=O)[nH]c2=O)cc1N. The molecule has 2 rings (SSSR count). The van der Waals surface area contributed by atoms with E-state index in [1.165, 1.54) is 0 Å². The summed E-state index contributed by atoms with van der Waals surface area (Å²) in [7, 11) is 0. The van der Waals surface area contributed by atoms with Gasteiger partial charge in [0.25, 0.3) is 5.56 Å². The molecular weight excluding hydrogens is 296 g/mol. The largest absolute Gasteiger partial charge is 0.398 e. The molecule has 0 aliphatic heterocycles. The van der Waals surface area contributed by atoms with E-state index in [1.54, 1.807) is 18.2 Å². The van der Waals surface area contributed by atoms with Crippen molar-refractivity contribution in [1.82, 2.24) is 9.55 Å². The Hall–Kier alpha value is -2.54. The lowest BCUT2D eigenvalue weighted by Crippen LogP contribution is -2.33. The topological polar surface area (TPSA) is 110 Å². The van der Waals surface area contributed by atoms with Gasteiger partial charge in [0, 0.05) is 17.6 Å². The van der Waals surface area contributed by atoms with E-state index in [9.17, 15) is 14.4 Å². The number of aromatic nitrogens is 2. The van der Waals surface area contributed by atoms with E-state index in [1.807, 2.05) is 11.9 Å². The van der Waals surface area contributed by atoms with Gasteiger partial charge in [-0.3, -0.25) is 19.1 Å². The van der Waals surface area contributed by atoms with Crippen LogP contribution in [-0.2, 0) is 11.3 Å². The van der Waals surface area contributed by atoms with Gasteiger partial charge in [0.1, 0.15) is 11.6 Å². The minimum atomic E-state index is -0.706. The summed E-state index contributed by atoms with van der Waals surface area (Å²) in [6.07, 6.45) is 1.12. The molecule has 7 nitrogen and oxygen atoms in total. The van der Waals surface area contributed by atoms with Gasteiger partial charge in [0.05, 0.1) is 0 Å². The average molecular weight is 309 g/mol. The molecule has 1 amide bonds. The molecule has 0 aliphatic rings. The summed E-state index contributed by atoms with van der Waals surface area (Å²) in [4.78, 5) is 36.5. The fourth-order valence-electron chi connectivity index (χ4n) is 1.67. The van der Waals surface area contributed by atoms with Gasteiger partial charge in [0.2, 0.25) is 5.91 Å². The van der Waals surface area contributed by atoms with Crippen LogP contribution in [0.1, 0.15) is 5.56 Å². The molecule has 0 spiro atoms. The molecule has 0 radical (unpaired) electrons. The molecule has 0 bridgehead atoms. The zero-order valence-electron chi connectivity index (χ0n) is 11.1. The number of nitrogens with zero attached hydrogens (tertiary/aromatic N) is 1. The van der Waals surface area contributed by atoms with Crippen LogP contribution in [-0.4, -0.2) is 15.5 Å². The summed E-state index contributed by atoms with van der Waals surface area (Å²) < 4.78 is 1.01. The number of hydrogen-bond acceptors (Lipinski definition) is 4. The van der Waals surface area contributed by atoms with Gasteiger partial charge >= 0.3 is 5.69 Å². The van der Waals surface area contributed by atoms with Crippen molar-refractivity contribution in [3.63, 3.8) is 0 Å². The van der Waals surface area contributed by atoms with Gasteiger partial charge in [-0.05, 0) is 24.6 Å². The second kappa shape index (κ2) is 5.84. The molecule has 4 N–H and O–H groups in total. The summed E-state index contributed by atoms with van der Waals surface area (Å²) in [5, 5.41) is 2.44. The van der Waals surface area contributed by atoms with E-state index < -0.39 is 17.2 Å². The molecule has 0 saturated heterocycles. The van der Waals surface area contributed by atoms with Crippen LogP contribution < -0.4 is 22.3 Å². The van der Waals surface area contributed by atoms with Gasteiger partial charge in [-0.2, -0.15) is 0 Å². The molecule has 110 valence electrons. The molecule has 21 heavy (non-hydrogen) atoms. The molecule has 1 aromatic carbocycles. The van der Waals surface area contributed by atoms with Crippen molar-refractivity contribution in [2.45, 2.75) is 13.5 Å². The predicted octanol–water partition coefficient (Wildman–Crippen LogP) is 0.719. The maximum Gasteiger partial charge on any atom is 0.328 e. The fourth-order valence-corrected chi connectivity index (χ4v) is 1.84. The third-order valence-corrected chi connectivity index (χ3v) is 3.11. The lowest BCUT2D eigenvalue weighted by molar-refractivity contribution is -0.116. The van der Waals surface area contributed by atoms with Gasteiger partial charge in [-0.1, -0.05) is 17.7 Å². The summed E-state index contributed by atoms with van der Waals surface area (Å²) in [5.74, 6) is -0.441. The molecule has 0 aliphatic carbocycles. The summed E-state index contributed by atoms with van der Waals surface area (Å²) in [5.41, 5.74) is 6.32. The average Bonchev–Trinajstić information content (AvgIpc) is 2.40. The number of aromatic amines is 1. The number of nitrogens with one attached hydrogen (secondary N) is 2. The van der Waals surface area contributed by atoms with Crippen LogP contribution in [0, 0.1) is 6.92 Å². The van der Waals surface area contributed by atoms with Crippen LogP contribution in [0.15, 0.2) is 34.0 Å². The van der Waals surface area contributed by atoms with Crippen LogP contribution in [0.3, 0.4) is 0 Å². The summed E-state index contributed by atoms with van der Waals surface area (Å²) in [6, 6.07) is 5.09. The highest BCUT2D eigenvalue weighted by Gasteiger charge is 2.08. The van der Waals surface area contributed by atoms with Gasteiger partial charge in [-0.15, -0.1) is 0 Å². The first-order chi connectivity index (χ1) is 9.86. The van der Waals surface area contributed by atoms with E-state index in [0.29, 0.717) is 11.4 Å². The predicted molar refractivity (Wildman–Crippen MR) is 80.6 cm³/mol. The first-order valence-electron chi connectivity index (χ1n) is 6.02. The van der Waals surface area contributed by atoms with Crippen molar-refractivity contribution in [2.24, 2.45) is 0 Å². The molecule has 0 saturated carbocycles. The Morgan fingerprint density at radius 2 is 2.14 bits per heavy atom. The molecule has 0 fully saturated rings. The molecule has 8 heteroatoms. The van der Waals surface area contributed by atoms with Crippen LogP contribution >= 0.6 is 11.6 Å².